The minimum atomic E-state index is 0.0733. The number of rotatable bonds is 13. The van der Waals surface area contributed by atoms with Crippen molar-refractivity contribution in [1.29, 1.82) is 0 Å². The van der Waals surface area contributed by atoms with Crippen LogP contribution in [0.25, 0.3) is 0 Å². The Morgan fingerprint density at radius 1 is 0.417 bits per heavy atom. The van der Waals surface area contributed by atoms with Gasteiger partial charge in [0.1, 0.15) is 0 Å². The Kier molecular flexibility index (Phi) is 9.19. The SMILES string of the molecule is OCCN(CCN(CCO)c1ccc(Nc2ccccc2)cc1)c1ccc(Nc2ccccc2)cc1. The topological polar surface area (TPSA) is 71.0 Å². The van der Waals surface area contributed by atoms with Gasteiger partial charge in [0.05, 0.1) is 13.2 Å². The third-order valence-electron chi connectivity index (χ3n) is 5.97. The molecule has 0 saturated carbocycles. The third kappa shape index (κ3) is 7.25. The number of para-hydroxylation sites is 2. The van der Waals surface area contributed by atoms with Crippen LogP contribution in [0.1, 0.15) is 0 Å². The van der Waals surface area contributed by atoms with Crippen molar-refractivity contribution in [2.75, 3.05) is 59.8 Å². The minimum absolute atomic E-state index is 0.0733. The van der Waals surface area contributed by atoms with E-state index in [2.05, 4.69) is 69.0 Å². The highest BCUT2D eigenvalue weighted by atomic mass is 16.3. The number of anilines is 6. The van der Waals surface area contributed by atoms with E-state index in [9.17, 15) is 10.2 Å². The van der Waals surface area contributed by atoms with Crippen LogP contribution in [-0.4, -0.2) is 49.6 Å². The normalized spacial score (nSPS) is 10.6. The zero-order valence-electron chi connectivity index (χ0n) is 20.4. The number of nitrogens with one attached hydrogen (secondary N) is 2. The van der Waals surface area contributed by atoms with Gasteiger partial charge in [-0.3, -0.25) is 0 Å². The van der Waals surface area contributed by atoms with Crippen molar-refractivity contribution in [3.8, 4) is 0 Å². The molecule has 0 saturated heterocycles. The van der Waals surface area contributed by atoms with Crippen LogP contribution in [0.2, 0.25) is 0 Å². The highest BCUT2D eigenvalue weighted by Gasteiger charge is 2.11. The molecule has 4 rings (SSSR count). The molecule has 4 N–H and O–H groups in total. The van der Waals surface area contributed by atoms with Gasteiger partial charge in [0.2, 0.25) is 0 Å². The predicted octanol–water partition coefficient (Wildman–Crippen LogP) is 5.47. The maximum Gasteiger partial charge on any atom is 0.0606 e. The van der Waals surface area contributed by atoms with Gasteiger partial charge in [-0.2, -0.15) is 0 Å². The second-order valence-corrected chi connectivity index (χ2v) is 8.50. The van der Waals surface area contributed by atoms with Crippen molar-refractivity contribution < 1.29 is 10.2 Å². The Balaban J connectivity index is 1.39. The van der Waals surface area contributed by atoms with Crippen molar-refractivity contribution in [2.45, 2.75) is 0 Å². The van der Waals surface area contributed by atoms with E-state index in [1.807, 2.05) is 60.7 Å². The molecule has 0 heterocycles. The molecule has 0 aliphatic carbocycles. The van der Waals surface area contributed by atoms with Gasteiger partial charge in [-0.25, -0.2) is 0 Å². The van der Waals surface area contributed by atoms with Gasteiger partial charge in [0.15, 0.2) is 0 Å². The lowest BCUT2D eigenvalue weighted by molar-refractivity contribution is 0.298. The summed E-state index contributed by atoms with van der Waals surface area (Å²) in [6.07, 6.45) is 0. The first-order valence-corrected chi connectivity index (χ1v) is 12.3. The maximum absolute atomic E-state index is 9.67. The molecule has 0 spiro atoms. The molecule has 0 aromatic heterocycles. The van der Waals surface area contributed by atoms with Crippen LogP contribution in [-0.2, 0) is 0 Å². The van der Waals surface area contributed by atoms with Gasteiger partial charge in [0.25, 0.3) is 0 Å². The first kappa shape index (κ1) is 25.1. The predicted molar refractivity (Wildman–Crippen MR) is 151 cm³/mol. The van der Waals surface area contributed by atoms with Crippen LogP contribution in [0.5, 0.6) is 0 Å². The van der Waals surface area contributed by atoms with E-state index in [4.69, 9.17) is 0 Å². The average Bonchev–Trinajstić information content (AvgIpc) is 2.92. The van der Waals surface area contributed by atoms with E-state index in [1.165, 1.54) is 0 Å². The molecule has 6 nitrogen and oxygen atoms in total. The molecule has 0 radical (unpaired) electrons. The second kappa shape index (κ2) is 13.2. The van der Waals surface area contributed by atoms with Crippen LogP contribution in [0.15, 0.2) is 109 Å². The first-order valence-electron chi connectivity index (χ1n) is 12.3. The van der Waals surface area contributed by atoms with Gasteiger partial charge < -0.3 is 30.6 Å². The number of aliphatic hydroxyl groups is 2. The second-order valence-electron chi connectivity index (χ2n) is 8.50. The Labute approximate surface area is 213 Å². The lowest BCUT2D eigenvalue weighted by atomic mass is 10.2. The summed E-state index contributed by atoms with van der Waals surface area (Å²) in [4.78, 5) is 4.34. The molecular formula is C30H34N4O2. The van der Waals surface area contributed by atoms with E-state index in [0.717, 1.165) is 47.2 Å². The van der Waals surface area contributed by atoms with Crippen LogP contribution < -0.4 is 20.4 Å². The minimum Gasteiger partial charge on any atom is -0.395 e. The van der Waals surface area contributed by atoms with Gasteiger partial charge in [-0.1, -0.05) is 36.4 Å². The molecule has 0 aliphatic rings. The zero-order valence-corrected chi connectivity index (χ0v) is 20.4. The molecule has 6 heteroatoms. The van der Waals surface area contributed by atoms with Crippen molar-refractivity contribution in [3.05, 3.63) is 109 Å². The summed E-state index contributed by atoms with van der Waals surface area (Å²) in [6, 6.07) is 36.6. The van der Waals surface area contributed by atoms with Gasteiger partial charge in [-0.05, 0) is 72.8 Å². The molecule has 0 atom stereocenters. The van der Waals surface area contributed by atoms with E-state index < -0.39 is 0 Å². The van der Waals surface area contributed by atoms with Crippen molar-refractivity contribution in [2.24, 2.45) is 0 Å². The van der Waals surface area contributed by atoms with E-state index in [0.29, 0.717) is 13.1 Å². The summed E-state index contributed by atoms with van der Waals surface area (Å²) in [5.74, 6) is 0. The van der Waals surface area contributed by atoms with Crippen molar-refractivity contribution >= 4 is 34.1 Å². The molecule has 36 heavy (non-hydrogen) atoms. The standard InChI is InChI=1S/C30H34N4O2/c35-23-21-33(29-15-11-27(12-16-29)31-25-7-3-1-4-8-25)19-20-34(22-24-36)30-17-13-28(14-18-30)32-26-9-5-2-6-10-26/h1-18,31-32,35-36H,19-24H2. The number of hydrogen-bond donors (Lipinski definition) is 4. The highest BCUT2D eigenvalue weighted by molar-refractivity contribution is 5.64. The summed E-state index contributed by atoms with van der Waals surface area (Å²) in [6.45, 7) is 2.66. The van der Waals surface area contributed by atoms with Crippen LogP contribution >= 0.6 is 0 Å². The summed E-state index contributed by atoms with van der Waals surface area (Å²) in [5.41, 5.74) is 6.22. The highest BCUT2D eigenvalue weighted by Crippen LogP contribution is 2.23. The average molecular weight is 483 g/mol. The summed E-state index contributed by atoms with van der Waals surface area (Å²) in [7, 11) is 0. The van der Waals surface area contributed by atoms with Gasteiger partial charge >= 0.3 is 0 Å². The Morgan fingerprint density at radius 3 is 1.08 bits per heavy atom. The molecular weight excluding hydrogens is 448 g/mol. The Morgan fingerprint density at radius 2 is 0.750 bits per heavy atom. The molecule has 4 aromatic rings. The quantitative estimate of drug-likeness (QED) is 0.203. The fraction of sp³-hybridized carbons (Fsp3) is 0.200. The molecule has 4 aromatic carbocycles. The number of benzene rings is 4. The Hall–Kier alpha value is -4.00. The first-order chi connectivity index (χ1) is 17.7. The number of hydrogen-bond acceptors (Lipinski definition) is 6. The maximum atomic E-state index is 9.67. The van der Waals surface area contributed by atoms with Gasteiger partial charge in [-0.15, -0.1) is 0 Å². The lowest BCUT2D eigenvalue weighted by Gasteiger charge is -2.30. The number of aliphatic hydroxyl groups excluding tert-OH is 2. The van der Waals surface area contributed by atoms with Crippen LogP contribution in [0.3, 0.4) is 0 Å². The fourth-order valence-electron chi connectivity index (χ4n) is 4.11. The van der Waals surface area contributed by atoms with Gasteiger partial charge in [0, 0.05) is 60.3 Å². The molecule has 186 valence electrons. The van der Waals surface area contributed by atoms with Crippen molar-refractivity contribution in [1.82, 2.24) is 0 Å². The molecule has 0 aliphatic heterocycles. The molecule has 0 fully saturated rings. The van der Waals surface area contributed by atoms with E-state index in [-0.39, 0.29) is 13.2 Å². The monoisotopic (exact) mass is 482 g/mol. The van der Waals surface area contributed by atoms with E-state index in [1.54, 1.807) is 0 Å². The summed E-state index contributed by atoms with van der Waals surface area (Å²) < 4.78 is 0. The fourth-order valence-corrected chi connectivity index (χ4v) is 4.11. The zero-order chi connectivity index (χ0) is 25.0. The summed E-state index contributed by atoms with van der Waals surface area (Å²) in [5, 5.41) is 26.1. The summed E-state index contributed by atoms with van der Waals surface area (Å²) >= 11 is 0. The number of nitrogens with zero attached hydrogens (tertiary/aromatic N) is 2. The van der Waals surface area contributed by atoms with E-state index >= 15 is 0 Å². The van der Waals surface area contributed by atoms with Crippen LogP contribution in [0.4, 0.5) is 34.1 Å². The smallest absolute Gasteiger partial charge is 0.0606 e. The molecule has 0 bridgehead atoms. The van der Waals surface area contributed by atoms with Crippen LogP contribution in [0, 0.1) is 0 Å². The Bertz CT molecular complexity index is 1060. The lowest BCUT2D eigenvalue weighted by Crippen LogP contribution is -2.38. The van der Waals surface area contributed by atoms with Crippen molar-refractivity contribution in [3.63, 3.8) is 0 Å². The largest absolute Gasteiger partial charge is 0.395 e. The molecule has 0 unspecified atom stereocenters. The molecule has 0 amide bonds. The third-order valence-corrected chi connectivity index (χ3v) is 5.97.